The van der Waals surface area contributed by atoms with Gasteiger partial charge in [0.1, 0.15) is 5.60 Å². The van der Waals surface area contributed by atoms with Crippen molar-refractivity contribution in [3.8, 4) is 0 Å². The molecule has 1 unspecified atom stereocenters. The summed E-state index contributed by atoms with van der Waals surface area (Å²) in [5.41, 5.74) is 6.79. The van der Waals surface area contributed by atoms with Gasteiger partial charge in [0.25, 0.3) is 0 Å². The van der Waals surface area contributed by atoms with E-state index in [1.807, 2.05) is 26.8 Å². The van der Waals surface area contributed by atoms with Gasteiger partial charge in [0, 0.05) is 32.0 Å². The first-order valence-corrected chi connectivity index (χ1v) is 6.77. The van der Waals surface area contributed by atoms with Crippen LogP contribution in [0.1, 0.15) is 32.4 Å². The molecule has 2 heterocycles. The second-order valence-electron chi connectivity index (χ2n) is 5.95. The maximum atomic E-state index is 12.3. The third-order valence-electron chi connectivity index (χ3n) is 3.04. The first-order valence-electron chi connectivity index (χ1n) is 6.77. The molecule has 0 saturated carbocycles. The summed E-state index contributed by atoms with van der Waals surface area (Å²) in [5, 5.41) is 3.28. The van der Waals surface area contributed by atoms with E-state index in [0.717, 1.165) is 12.1 Å². The second-order valence-corrected chi connectivity index (χ2v) is 5.95. The Bertz CT molecular complexity index is 484. The predicted molar refractivity (Wildman–Crippen MR) is 77.2 cm³/mol. The standard InChI is InChI=1S/C14H22N4O2/c1-14(2,3)20-13(19)18-5-4-16-9-12(18)10-6-11(15)8-17-7-10/h6-8,12,16H,4-5,9,15H2,1-3H3. The zero-order valence-electron chi connectivity index (χ0n) is 12.2. The first-order chi connectivity index (χ1) is 9.37. The predicted octanol–water partition coefficient (Wildman–Crippen LogP) is 1.55. The number of carbonyl (C=O) groups excluding carboxylic acids is 1. The summed E-state index contributed by atoms with van der Waals surface area (Å²) in [6.07, 6.45) is 3.04. The Kier molecular flexibility index (Phi) is 4.13. The largest absolute Gasteiger partial charge is 0.444 e. The molecular weight excluding hydrogens is 256 g/mol. The molecule has 1 fully saturated rings. The molecule has 1 atom stereocenters. The first kappa shape index (κ1) is 14.6. The number of ether oxygens (including phenoxy) is 1. The zero-order chi connectivity index (χ0) is 14.8. The quantitative estimate of drug-likeness (QED) is 0.814. The fourth-order valence-corrected chi connectivity index (χ4v) is 2.20. The van der Waals surface area contributed by atoms with Crippen LogP contribution in [0.15, 0.2) is 18.5 Å². The van der Waals surface area contributed by atoms with Crippen molar-refractivity contribution in [2.24, 2.45) is 0 Å². The molecular formula is C14H22N4O2. The van der Waals surface area contributed by atoms with Crippen LogP contribution in [0.2, 0.25) is 0 Å². The van der Waals surface area contributed by atoms with Gasteiger partial charge in [-0.25, -0.2) is 4.79 Å². The minimum Gasteiger partial charge on any atom is -0.444 e. The Labute approximate surface area is 119 Å². The summed E-state index contributed by atoms with van der Waals surface area (Å²) < 4.78 is 5.47. The van der Waals surface area contributed by atoms with Gasteiger partial charge < -0.3 is 15.8 Å². The van der Waals surface area contributed by atoms with Crippen molar-refractivity contribution in [3.63, 3.8) is 0 Å². The molecule has 1 aliphatic heterocycles. The van der Waals surface area contributed by atoms with Crippen molar-refractivity contribution in [1.29, 1.82) is 0 Å². The van der Waals surface area contributed by atoms with Gasteiger partial charge in [-0.1, -0.05) is 0 Å². The number of hydrogen-bond donors (Lipinski definition) is 2. The lowest BCUT2D eigenvalue weighted by molar-refractivity contribution is 0.0117. The van der Waals surface area contributed by atoms with Crippen LogP contribution in [0.3, 0.4) is 0 Å². The lowest BCUT2D eigenvalue weighted by Gasteiger charge is -2.37. The lowest BCUT2D eigenvalue weighted by Crippen LogP contribution is -2.50. The molecule has 1 amide bonds. The Morgan fingerprint density at radius 2 is 2.25 bits per heavy atom. The van der Waals surface area contributed by atoms with Crippen LogP contribution in [0.4, 0.5) is 10.5 Å². The van der Waals surface area contributed by atoms with E-state index >= 15 is 0 Å². The van der Waals surface area contributed by atoms with Gasteiger partial charge in [-0.3, -0.25) is 9.88 Å². The normalized spacial score (nSPS) is 19.8. The molecule has 110 valence electrons. The van der Waals surface area contributed by atoms with Crippen molar-refractivity contribution in [2.75, 3.05) is 25.4 Å². The van der Waals surface area contributed by atoms with Crippen molar-refractivity contribution in [2.45, 2.75) is 32.4 Å². The molecule has 6 heteroatoms. The number of anilines is 1. The van der Waals surface area contributed by atoms with Crippen molar-refractivity contribution >= 4 is 11.8 Å². The lowest BCUT2D eigenvalue weighted by atomic mass is 10.1. The van der Waals surface area contributed by atoms with E-state index in [1.165, 1.54) is 0 Å². The molecule has 0 aliphatic carbocycles. The molecule has 0 aromatic carbocycles. The molecule has 1 aliphatic rings. The van der Waals surface area contributed by atoms with E-state index in [-0.39, 0.29) is 12.1 Å². The molecule has 0 spiro atoms. The number of carbonyl (C=O) groups is 1. The maximum absolute atomic E-state index is 12.3. The topological polar surface area (TPSA) is 80.5 Å². The Hall–Kier alpha value is -1.82. The smallest absolute Gasteiger partial charge is 0.410 e. The third kappa shape index (κ3) is 3.60. The summed E-state index contributed by atoms with van der Waals surface area (Å²) in [5.74, 6) is 0. The highest BCUT2D eigenvalue weighted by molar-refractivity contribution is 5.69. The minimum atomic E-state index is -0.500. The van der Waals surface area contributed by atoms with E-state index in [0.29, 0.717) is 18.8 Å². The second kappa shape index (κ2) is 5.66. The number of nitrogens with one attached hydrogen (secondary N) is 1. The number of amides is 1. The van der Waals surface area contributed by atoms with E-state index in [9.17, 15) is 4.79 Å². The van der Waals surface area contributed by atoms with Crippen LogP contribution in [-0.2, 0) is 4.74 Å². The van der Waals surface area contributed by atoms with Gasteiger partial charge in [-0.2, -0.15) is 0 Å². The van der Waals surface area contributed by atoms with E-state index in [2.05, 4.69) is 10.3 Å². The Morgan fingerprint density at radius 3 is 2.90 bits per heavy atom. The third-order valence-corrected chi connectivity index (χ3v) is 3.04. The van der Waals surface area contributed by atoms with Crippen LogP contribution in [0.5, 0.6) is 0 Å². The van der Waals surface area contributed by atoms with Crippen LogP contribution in [0.25, 0.3) is 0 Å². The minimum absolute atomic E-state index is 0.102. The molecule has 20 heavy (non-hydrogen) atoms. The number of nitrogen functional groups attached to an aromatic ring is 1. The van der Waals surface area contributed by atoms with E-state index < -0.39 is 5.60 Å². The van der Waals surface area contributed by atoms with Crippen LogP contribution in [-0.4, -0.2) is 41.2 Å². The van der Waals surface area contributed by atoms with E-state index in [1.54, 1.807) is 17.3 Å². The number of nitrogens with two attached hydrogens (primary N) is 1. The number of pyridine rings is 1. The van der Waals surface area contributed by atoms with Gasteiger partial charge in [-0.15, -0.1) is 0 Å². The number of hydrogen-bond acceptors (Lipinski definition) is 5. The molecule has 1 aromatic rings. The summed E-state index contributed by atoms with van der Waals surface area (Å²) in [4.78, 5) is 18.1. The average molecular weight is 278 g/mol. The highest BCUT2D eigenvalue weighted by atomic mass is 16.6. The van der Waals surface area contributed by atoms with Gasteiger partial charge in [-0.05, 0) is 32.4 Å². The molecule has 1 aromatic heterocycles. The zero-order valence-corrected chi connectivity index (χ0v) is 12.2. The molecule has 0 bridgehead atoms. The number of nitrogens with zero attached hydrogens (tertiary/aromatic N) is 2. The summed E-state index contributed by atoms with van der Waals surface area (Å²) >= 11 is 0. The highest BCUT2D eigenvalue weighted by Gasteiger charge is 2.31. The van der Waals surface area contributed by atoms with Gasteiger partial charge in [0.15, 0.2) is 0 Å². The number of rotatable bonds is 1. The highest BCUT2D eigenvalue weighted by Crippen LogP contribution is 2.25. The van der Waals surface area contributed by atoms with Crippen LogP contribution < -0.4 is 11.1 Å². The summed E-state index contributed by atoms with van der Waals surface area (Å²) in [7, 11) is 0. The maximum Gasteiger partial charge on any atom is 0.410 e. The SMILES string of the molecule is CC(C)(C)OC(=O)N1CCNCC1c1cncc(N)c1. The summed E-state index contributed by atoms with van der Waals surface area (Å²) in [6, 6.07) is 1.75. The van der Waals surface area contributed by atoms with Crippen LogP contribution >= 0.6 is 0 Å². The Morgan fingerprint density at radius 1 is 1.50 bits per heavy atom. The number of piperazine rings is 1. The Balaban J connectivity index is 2.19. The fraction of sp³-hybridized carbons (Fsp3) is 0.571. The van der Waals surface area contributed by atoms with Gasteiger partial charge in [0.2, 0.25) is 0 Å². The molecule has 2 rings (SSSR count). The molecule has 0 radical (unpaired) electrons. The van der Waals surface area contributed by atoms with Crippen molar-refractivity contribution < 1.29 is 9.53 Å². The molecule has 6 nitrogen and oxygen atoms in total. The molecule has 1 saturated heterocycles. The number of aromatic nitrogens is 1. The van der Waals surface area contributed by atoms with E-state index in [4.69, 9.17) is 10.5 Å². The van der Waals surface area contributed by atoms with Crippen molar-refractivity contribution in [3.05, 3.63) is 24.0 Å². The monoisotopic (exact) mass is 278 g/mol. The fourth-order valence-electron chi connectivity index (χ4n) is 2.20. The molecule has 3 N–H and O–H groups in total. The van der Waals surface area contributed by atoms with Gasteiger partial charge in [0.05, 0.1) is 11.7 Å². The summed E-state index contributed by atoms with van der Waals surface area (Å²) in [6.45, 7) is 7.63. The van der Waals surface area contributed by atoms with Crippen LogP contribution in [0, 0.1) is 0 Å². The average Bonchev–Trinajstić information content (AvgIpc) is 2.37. The van der Waals surface area contributed by atoms with Crippen molar-refractivity contribution in [1.82, 2.24) is 15.2 Å². The van der Waals surface area contributed by atoms with Gasteiger partial charge >= 0.3 is 6.09 Å².